The molecule has 1 aliphatic carbocycles. The lowest BCUT2D eigenvalue weighted by atomic mass is 9.84. The van der Waals surface area contributed by atoms with E-state index in [2.05, 4.69) is 4.72 Å². The topological polar surface area (TPSA) is 86.7 Å². The van der Waals surface area contributed by atoms with E-state index in [1.807, 2.05) is 36.1 Å². The number of aliphatic carboxylic acids is 1. The molecule has 6 nitrogen and oxygen atoms in total. The van der Waals surface area contributed by atoms with E-state index in [1.54, 1.807) is 0 Å². The quantitative estimate of drug-likeness (QED) is 0.635. The third-order valence-electron chi connectivity index (χ3n) is 5.64. The number of nitrogens with zero attached hydrogens (tertiary/aromatic N) is 1. The molecule has 1 saturated heterocycles. The van der Waals surface area contributed by atoms with Crippen LogP contribution in [0.3, 0.4) is 0 Å². The molecule has 28 heavy (non-hydrogen) atoms. The molecular formula is C20H27ClN2O4S. The minimum absolute atomic E-state index is 0.0831. The van der Waals surface area contributed by atoms with Gasteiger partial charge in [0.1, 0.15) is 0 Å². The lowest BCUT2D eigenvalue weighted by Gasteiger charge is -2.44. The number of hydrogen-bond acceptors (Lipinski definition) is 3. The molecule has 8 heteroatoms. The highest BCUT2D eigenvalue weighted by Crippen LogP contribution is 2.43. The molecule has 2 N–H and O–H groups in total. The van der Waals surface area contributed by atoms with E-state index in [0.29, 0.717) is 36.1 Å². The van der Waals surface area contributed by atoms with Crippen molar-refractivity contribution in [2.24, 2.45) is 11.8 Å². The summed E-state index contributed by atoms with van der Waals surface area (Å²) in [7, 11) is -1.13. The second-order valence-corrected chi connectivity index (χ2v) is 9.57. The Morgan fingerprint density at radius 2 is 1.96 bits per heavy atom. The van der Waals surface area contributed by atoms with Gasteiger partial charge in [0.2, 0.25) is 5.91 Å². The molecule has 1 aliphatic heterocycles. The molecule has 154 valence electrons. The maximum absolute atomic E-state index is 13.3. The van der Waals surface area contributed by atoms with Gasteiger partial charge in [-0.3, -0.25) is 9.59 Å². The van der Waals surface area contributed by atoms with Gasteiger partial charge in [0.25, 0.3) is 0 Å². The van der Waals surface area contributed by atoms with E-state index in [-0.39, 0.29) is 24.4 Å². The van der Waals surface area contributed by atoms with Crippen molar-refractivity contribution in [1.82, 2.24) is 9.62 Å². The van der Waals surface area contributed by atoms with Gasteiger partial charge in [-0.05, 0) is 49.3 Å². The van der Waals surface area contributed by atoms with Gasteiger partial charge in [0.05, 0.1) is 23.4 Å². The zero-order chi connectivity index (χ0) is 20.3. The van der Waals surface area contributed by atoms with E-state index in [1.165, 1.54) is 0 Å². The van der Waals surface area contributed by atoms with Crippen molar-refractivity contribution >= 4 is 34.5 Å². The first-order chi connectivity index (χ1) is 13.4. The van der Waals surface area contributed by atoms with Crippen LogP contribution in [-0.2, 0) is 20.6 Å². The fourth-order valence-electron chi connectivity index (χ4n) is 4.05. The van der Waals surface area contributed by atoms with E-state index in [4.69, 9.17) is 11.6 Å². The lowest BCUT2D eigenvalue weighted by Crippen LogP contribution is -2.53. The summed E-state index contributed by atoms with van der Waals surface area (Å²) in [6.45, 7) is 2.31. The van der Waals surface area contributed by atoms with Crippen LogP contribution in [0.4, 0.5) is 0 Å². The molecule has 0 bridgehead atoms. The lowest BCUT2D eigenvalue weighted by molar-refractivity contribution is -0.151. The summed E-state index contributed by atoms with van der Waals surface area (Å²) < 4.78 is 15.0. The van der Waals surface area contributed by atoms with Crippen LogP contribution < -0.4 is 4.72 Å². The molecule has 1 saturated carbocycles. The van der Waals surface area contributed by atoms with Crippen molar-refractivity contribution in [3.63, 3.8) is 0 Å². The van der Waals surface area contributed by atoms with Gasteiger partial charge in [0, 0.05) is 29.3 Å². The number of piperidine rings is 1. The molecule has 2 fully saturated rings. The number of carboxylic acids is 1. The van der Waals surface area contributed by atoms with Crippen molar-refractivity contribution < 1.29 is 18.9 Å². The van der Waals surface area contributed by atoms with Crippen LogP contribution in [0.5, 0.6) is 0 Å². The predicted octanol–water partition coefficient (Wildman–Crippen LogP) is 3.15. The van der Waals surface area contributed by atoms with Gasteiger partial charge in [-0.25, -0.2) is 8.93 Å². The zero-order valence-corrected chi connectivity index (χ0v) is 17.5. The van der Waals surface area contributed by atoms with Crippen LogP contribution in [0.25, 0.3) is 0 Å². The summed E-state index contributed by atoms with van der Waals surface area (Å²) in [6, 6.07) is 7.31. The molecule has 0 aromatic heterocycles. The highest BCUT2D eigenvalue weighted by molar-refractivity contribution is 7.82. The van der Waals surface area contributed by atoms with Gasteiger partial charge < -0.3 is 10.0 Å². The Morgan fingerprint density at radius 1 is 1.29 bits per heavy atom. The van der Waals surface area contributed by atoms with Gasteiger partial charge in [-0.1, -0.05) is 30.7 Å². The number of amides is 1. The first-order valence-corrected chi connectivity index (χ1v) is 11.5. The maximum Gasteiger partial charge on any atom is 0.304 e. The number of nitrogens with one attached hydrogen (secondary N) is 1. The first kappa shape index (κ1) is 21.3. The fraction of sp³-hybridized carbons (Fsp3) is 0.600. The van der Waals surface area contributed by atoms with E-state index < -0.39 is 22.9 Å². The monoisotopic (exact) mass is 426 g/mol. The second-order valence-electron chi connectivity index (χ2n) is 7.57. The number of benzene rings is 1. The molecule has 0 spiro atoms. The first-order valence-electron chi connectivity index (χ1n) is 9.82. The third-order valence-corrected chi connectivity index (χ3v) is 6.91. The highest BCUT2D eigenvalue weighted by atomic mass is 35.5. The number of halogens is 1. The van der Waals surface area contributed by atoms with Gasteiger partial charge in [0.15, 0.2) is 0 Å². The van der Waals surface area contributed by atoms with E-state index in [0.717, 1.165) is 18.4 Å². The van der Waals surface area contributed by atoms with Crippen LogP contribution in [0.15, 0.2) is 24.3 Å². The molecule has 1 aromatic rings. The predicted molar refractivity (Wildman–Crippen MR) is 109 cm³/mol. The minimum Gasteiger partial charge on any atom is -0.481 e. The Hall–Kier alpha value is -1.44. The average Bonchev–Trinajstić information content (AvgIpc) is 3.50. The molecular weight excluding hydrogens is 400 g/mol. The number of carbonyl (C=O) groups excluding carboxylic acids is 1. The number of carbonyl (C=O) groups is 2. The van der Waals surface area contributed by atoms with Crippen LogP contribution in [-0.4, -0.2) is 44.4 Å². The van der Waals surface area contributed by atoms with Gasteiger partial charge in [-0.2, -0.15) is 0 Å². The van der Waals surface area contributed by atoms with Crippen LogP contribution in [0, 0.1) is 11.8 Å². The third kappa shape index (κ3) is 5.13. The highest BCUT2D eigenvalue weighted by Gasteiger charge is 2.45. The maximum atomic E-state index is 13.3. The van der Waals surface area contributed by atoms with Gasteiger partial charge in [-0.15, -0.1) is 0 Å². The largest absolute Gasteiger partial charge is 0.481 e. The van der Waals surface area contributed by atoms with Crippen molar-refractivity contribution in [2.75, 3.05) is 12.3 Å². The summed E-state index contributed by atoms with van der Waals surface area (Å²) >= 11 is 6.03. The molecule has 3 rings (SSSR count). The molecule has 1 heterocycles. The number of likely N-dealkylation sites (tertiary alicyclic amines) is 1. The molecule has 3 unspecified atom stereocenters. The number of rotatable bonds is 9. The average molecular weight is 427 g/mol. The van der Waals surface area contributed by atoms with Crippen molar-refractivity contribution in [3.8, 4) is 0 Å². The minimum atomic E-state index is -1.13. The van der Waals surface area contributed by atoms with Crippen molar-refractivity contribution in [2.45, 2.75) is 51.1 Å². The molecule has 4 atom stereocenters. The number of carboxylic acid groups (broad SMARTS) is 1. The Labute approximate surface area is 173 Å². The Balaban J connectivity index is 1.89. The molecule has 1 aromatic carbocycles. The second kappa shape index (κ2) is 9.37. The summed E-state index contributed by atoms with van der Waals surface area (Å²) in [6.07, 6.45) is 3.19. The van der Waals surface area contributed by atoms with E-state index in [9.17, 15) is 18.9 Å². The van der Waals surface area contributed by atoms with Crippen LogP contribution >= 0.6 is 11.6 Å². The molecule has 0 radical (unpaired) electrons. The standard InChI is InChI=1S/C20H27ClN2O4S/c1-2-28(27)22-12-18(14-3-4-14)23-17(13-5-8-16(21)9-6-13)10-7-15(20(23)26)11-19(24)25/h5-6,8-9,14-15,17-18,22H,2-4,7,10-12H2,1H3,(H,24,25)/t15?,17-,18?,28?/m0/s1. The Bertz CT molecular complexity index is 738. The van der Waals surface area contributed by atoms with Crippen molar-refractivity contribution in [3.05, 3.63) is 34.9 Å². The smallest absolute Gasteiger partial charge is 0.304 e. The number of hydrogen-bond donors (Lipinski definition) is 2. The van der Waals surface area contributed by atoms with Crippen LogP contribution in [0.1, 0.15) is 50.6 Å². The summed E-state index contributed by atoms with van der Waals surface area (Å²) in [5.74, 6) is -0.679. The molecule has 1 amide bonds. The fourth-order valence-corrected chi connectivity index (χ4v) is 4.73. The Morgan fingerprint density at radius 3 is 2.54 bits per heavy atom. The van der Waals surface area contributed by atoms with Crippen molar-refractivity contribution in [1.29, 1.82) is 0 Å². The summed E-state index contributed by atoms with van der Waals surface area (Å²) in [5, 5.41) is 9.85. The zero-order valence-electron chi connectivity index (χ0n) is 16.0. The summed E-state index contributed by atoms with van der Waals surface area (Å²) in [5.41, 5.74) is 1.01. The normalized spacial score (nSPS) is 24.8. The molecule has 2 aliphatic rings. The van der Waals surface area contributed by atoms with Crippen LogP contribution in [0.2, 0.25) is 5.02 Å². The van der Waals surface area contributed by atoms with Gasteiger partial charge >= 0.3 is 5.97 Å². The SMILES string of the molecule is CCS(=O)NCC(C1CC1)N1C(=O)C(CC(=O)O)CC[C@H]1c1ccc(Cl)cc1. The Kier molecular flexibility index (Phi) is 7.12. The van der Waals surface area contributed by atoms with E-state index >= 15 is 0 Å². The summed E-state index contributed by atoms with van der Waals surface area (Å²) in [4.78, 5) is 26.5.